The van der Waals surface area contributed by atoms with E-state index in [2.05, 4.69) is 12.2 Å². The summed E-state index contributed by atoms with van der Waals surface area (Å²) in [5, 5.41) is 11.9. The molecule has 0 aromatic carbocycles. The van der Waals surface area contributed by atoms with E-state index in [1.165, 1.54) is 4.90 Å². The maximum atomic E-state index is 12.2. The Morgan fingerprint density at radius 3 is 2.33 bits per heavy atom. The summed E-state index contributed by atoms with van der Waals surface area (Å²) in [5.74, 6) is -0.514. The average molecular weight is 256 g/mol. The normalized spacial score (nSPS) is 23.8. The number of hydrogen-bond donors (Lipinski definition) is 2. The molecule has 0 radical (unpaired) electrons. The minimum absolute atomic E-state index is 0.177. The summed E-state index contributed by atoms with van der Waals surface area (Å²) >= 11 is 0. The zero-order valence-electron chi connectivity index (χ0n) is 11.7. The molecule has 2 unspecified atom stereocenters. The number of carbonyl (C=O) groups is 2. The van der Waals surface area contributed by atoms with E-state index >= 15 is 0 Å². The standard InChI is InChI=1S/C13H24N2O3/c1-9-6-5-7-10(9)14-12(18)15(8-11(16)17)13(2,3)4/h9-10H,5-8H2,1-4H3,(H,14,18)(H,16,17). The quantitative estimate of drug-likeness (QED) is 0.812. The summed E-state index contributed by atoms with van der Waals surface area (Å²) in [5.41, 5.74) is -0.496. The number of nitrogens with zero attached hydrogens (tertiary/aromatic N) is 1. The fraction of sp³-hybridized carbons (Fsp3) is 0.846. The monoisotopic (exact) mass is 256 g/mol. The van der Waals surface area contributed by atoms with E-state index in [9.17, 15) is 9.59 Å². The van der Waals surface area contributed by atoms with E-state index in [4.69, 9.17) is 5.11 Å². The third kappa shape index (κ3) is 3.89. The Morgan fingerprint density at radius 1 is 1.33 bits per heavy atom. The minimum atomic E-state index is -0.987. The fourth-order valence-electron chi connectivity index (χ4n) is 2.35. The molecular formula is C13H24N2O3. The number of amides is 2. The summed E-state index contributed by atoms with van der Waals surface area (Å²) in [6.07, 6.45) is 3.23. The maximum absolute atomic E-state index is 12.2. The van der Waals surface area contributed by atoms with Gasteiger partial charge in [0.15, 0.2) is 0 Å². The number of aliphatic carboxylic acids is 1. The van der Waals surface area contributed by atoms with Gasteiger partial charge in [-0.3, -0.25) is 4.79 Å². The van der Waals surface area contributed by atoms with Crippen molar-refractivity contribution in [2.75, 3.05) is 6.54 Å². The van der Waals surface area contributed by atoms with E-state index in [0.29, 0.717) is 5.92 Å². The molecule has 5 nitrogen and oxygen atoms in total. The van der Waals surface area contributed by atoms with Crippen LogP contribution in [0.5, 0.6) is 0 Å². The van der Waals surface area contributed by atoms with Crippen molar-refractivity contribution < 1.29 is 14.7 Å². The molecule has 0 spiro atoms. The lowest BCUT2D eigenvalue weighted by molar-refractivity contribution is -0.138. The molecule has 1 aliphatic carbocycles. The van der Waals surface area contributed by atoms with Crippen LogP contribution >= 0.6 is 0 Å². The van der Waals surface area contributed by atoms with Crippen molar-refractivity contribution in [2.45, 2.75) is 58.5 Å². The highest BCUT2D eigenvalue weighted by atomic mass is 16.4. The van der Waals surface area contributed by atoms with E-state index in [0.717, 1.165) is 19.3 Å². The van der Waals surface area contributed by atoms with Crippen molar-refractivity contribution in [3.63, 3.8) is 0 Å². The van der Waals surface area contributed by atoms with Crippen LogP contribution in [0, 0.1) is 5.92 Å². The van der Waals surface area contributed by atoms with Gasteiger partial charge in [-0.1, -0.05) is 13.3 Å². The molecule has 0 aliphatic heterocycles. The van der Waals surface area contributed by atoms with Crippen LogP contribution in [0.4, 0.5) is 4.79 Å². The van der Waals surface area contributed by atoms with E-state index < -0.39 is 11.5 Å². The Bertz CT molecular complexity index is 323. The topological polar surface area (TPSA) is 69.6 Å². The molecule has 0 heterocycles. The van der Waals surface area contributed by atoms with Gasteiger partial charge < -0.3 is 15.3 Å². The molecular weight excluding hydrogens is 232 g/mol. The highest BCUT2D eigenvalue weighted by Gasteiger charge is 2.32. The van der Waals surface area contributed by atoms with Crippen LogP contribution in [0.2, 0.25) is 0 Å². The molecule has 2 amide bonds. The Balaban J connectivity index is 2.67. The van der Waals surface area contributed by atoms with Gasteiger partial charge in [0.2, 0.25) is 0 Å². The highest BCUT2D eigenvalue weighted by Crippen LogP contribution is 2.25. The first-order valence-electron chi connectivity index (χ1n) is 6.51. The smallest absolute Gasteiger partial charge is 0.323 e. The zero-order valence-corrected chi connectivity index (χ0v) is 11.7. The van der Waals surface area contributed by atoms with Gasteiger partial charge in [0.25, 0.3) is 0 Å². The van der Waals surface area contributed by atoms with Crippen molar-refractivity contribution in [1.29, 1.82) is 0 Å². The molecule has 1 aliphatic rings. The third-order valence-corrected chi connectivity index (χ3v) is 3.52. The predicted molar refractivity (Wildman–Crippen MR) is 69.4 cm³/mol. The molecule has 0 aromatic rings. The lowest BCUT2D eigenvalue weighted by Gasteiger charge is -2.35. The first kappa shape index (κ1) is 14.8. The summed E-state index contributed by atoms with van der Waals surface area (Å²) in [4.78, 5) is 24.4. The van der Waals surface area contributed by atoms with Crippen LogP contribution < -0.4 is 5.32 Å². The lowest BCUT2D eigenvalue weighted by Crippen LogP contribution is -2.54. The largest absolute Gasteiger partial charge is 0.480 e. The lowest BCUT2D eigenvalue weighted by atomic mass is 10.1. The van der Waals surface area contributed by atoms with Crippen LogP contribution in [-0.4, -0.2) is 40.1 Å². The van der Waals surface area contributed by atoms with Crippen molar-refractivity contribution in [3.05, 3.63) is 0 Å². The van der Waals surface area contributed by atoms with Crippen molar-refractivity contribution >= 4 is 12.0 Å². The SMILES string of the molecule is CC1CCCC1NC(=O)N(CC(=O)O)C(C)(C)C. The van der Waals surface area contributed by atoms with Gasteiger partial charge in [0.05, 0.1) is 0 Å². The molecule has 5 heteroatoms. The van der Waals surface area contributed by atoms with E-state index in [-0.39, 0.29) is 18.6 Å². The Labute approximate surface area is 109 Å². The van der Waals surface area contributed by atoms with Crippen molar-refractivity contribution in [1.82, 2.24) is 10.2 Å². The van der Waals surface area contributed by atoms with Crippen LogP contribution in [-0.2, 0) is 4.79 Å². The fourth-order valence-corrected chi connectivity index (χ4v) is 2.35. The molecule has 1 rings (SSSR count). The van der Waals surface area contributed by atoms with Crippen LogP contribution in [0.3, 0.4) is 0 Å². The third-order valence-electron chi connectivity index (χ3n) is 3.52. The molecule has 1 saturated carbocycles. The van der Waals surface area contributed by atoms with Crippen molar-refractivity contribution in [3.8, 4) is 0 Å². The summed E-state index contributed by atoms with van der Waals surface area (Å²) in [6.45, 7) is 7.38. The van der Waals surface area contributed by atoms with Crippen LogP contribution in [0.25, 0.3) is 0 Å². The molecule has 0 bridgehead atoms. The predicted octanol–water partition coefficient (Wildman–Crippen LogP) is 2.07. The molecule has 0 aromatic heterocycles. The highest BCUT2D eigenvalue weighted by molar-refractivity contribution is 5.81. The van der Waals surface area contributed by atoms with Crippen LogP contribution in [0.15, 0.2) is 0 Å². The molecule has 18 heavy (non-hydrogen) atoms. The minimum Gasteiger partial charge on any atom is -0.480 e. The van der Waals surface area contributed by atoms with Gasteiger partial charge in [-0.2, -0.15) is 0 Å². The molecule has 2 atom stereocenters. The molecule has 0 saturated heterocycles. The first-order valence-corrected chi connectivity index (χ1v) is 6.51. The Hall–Kier alpha value is -1.26. The number of urea groups is 1. The maximum Gasteiger partial charge on any atom is 0.323 e. The summed E-state index contributed by atoms with van der Waals surface area (Å²) in [6, 6.07) is -0.0974. The van der Waals surface area contributed by atoms with E-state index in [1.807, 2.05) is 20.8 Å². The van der Waals surface area contributed by atoms with Gasteiger partial charge in [-0.05, 0) is 39.5 Å². The van der Waals surface area contributed by atoms with Gasteiger partial charge in [-0.25, -0.2) is 4.79 Å². The second-order valence-electron chi connectivity index (χ2n) is 6.11. The molecule has 104 valence electrons. The molecule has 2 N–H and O–H groups in total. The van der Waals surface area contributed by atoms with Crippen molar-refractivity contribution in [2.24, 2.45) is 5.92 Å². The Kier molecular flexibility index (Phi) is 4.59. The zero-order chi connectivity index (χ0) is 13.9. The van der Waals surface area contributed by atoms with E-state index in [1.54, 1.807) is 0 Å². The number of nitrogens with one attached hydrogen (secondary N) is 1. The van der Waals surface area contributed by atoms with Gasteiger partial charge in [0.1, 0.15) is 6.54 Å². The van der Waals surface area contributed by atoms with Crippen LogP contribution in [0.1, 0.15) is 47.0 Å². The number of rotatable bonds is 3. The second kappa shape index (κ2) is 5.59. The van der Waals surface area contributed by atoms with Gasteiger partial charge in [-0.15, -0.1) is 0 Å². The van der Waals surface area contributed by atoms with Gasteiger partial charge in [0, 0.05) is 11.6 Å². The number of carbonyl (C=O) groups excluding carboxylic acids is 1. The Morgan fingerprint density at radius 2 is 1.94 bits per heavy atom. The summed E-state index contributed by atoms with van der Waals surface area (Å²) < 4.78 is 0. The first-order chi connectivity index (χ1) is 8.21. The average Bonchev–Trinajstić information content (AvgIpc) is 2.59. The second-order valence-corrected chi connectivity index (χ2v) is 6.11. The summed E-state index contributed by atoms with van der Waals surface area (Å²) in [7, 11) is 0. The molecule has 1 fully saturated rings. The number of carboxylic acid groups (broad SMARTS) is 1. The number of hydrogen-bond acceptors (Lipinski definition) is 2. The van der Waals surface area contributed by atoms with Gasteiger partial charge >= 0.3 is 12.0 Å². The number of carboxylic acids is 1.